The first-order valence-corrected chi connectivity index (χ1v) is 8.31. The normalized spacial score (nSPS) is 12.1. The molecule has 0 aliphatic heterocycles. The highest BCUT2D eigenvalue weighted by Crippen LogP contribution is 2.24. The Morgan fingerprint density at radius 3 is 2.85 bits per heavy atom. The number of nitrogens with zero attached hydrogens (tertiary/aromatic N) is 1. The largest absolute Gasteiger partial charge is 0.472 e. The molecule has 5 heteroatoms. The maximum absolute atomic E-state index is 12.1. The number of carbonyl (C=O) groups is 1. The minimum absolute atomic E-state index is 0.156. The lowest BCUT2D eigenvalue weighted by Gasteiger charge is -2.14. The molecule has 0 saturated carbocycles. The van der Waals surface area contributed by atoms with Crippen molar-refractivity contribution in [3.8, 4) is 11.5 Å². The molecule has 2 aromatic heterocycles. The van der Waals surface area contributed by atoms with Crippen LogP contribution in [0, 0.1) is 6.92 Å². The predicted molar refractivity (Wildman–Crippen MR) is 99.8 cm³/mol. The number of nitrogens with one attached hydrogen (secondary N) is 1. The summed E-state index contributed by atoms with van der Waals surface area (Å²) in [6, 6.07) is 13.0. The third-order valence-electron chi connectivity index (χ3n) is 3.81. The number of carbonyl (C=O) groups excluding carboxylic acids is 1. The van der Waals surface area contributed by atoms with Crippen LogP contribution in [0.3, 0.4) is 0 Å². The summed E-state index contributed by atoms with van der Waals surface area (Å²) in [5.74, 6) is 1.20. The van der Waals surface area contributed by atoms with E-state index in [-0.39, 0.29) is 11.9 Å². The van der Waals surface area contributed by atoms with Gasteiger partial charge in [0.1, 0.15) is 11.5 Å². The van der Waals surface area contributed by atoms with E-state index in [2.05, 4.69) is 10.3 Å². The maximum atomic E-state index is 12.1. The molecular formula is C21H20N2O3. The van der Waals surface area contributed by atoms with E-state index in [0.717, 1.165) is 16.8 Å². The summed E-state index contributed by atoms with van der Waals surface area (Å²) >= 11 is 0. The monoisotopic (exact) mass is 348 g/mol. The Morgan fingerprint density at radius 1 is 1.23 bits per heavy atom. The van der Waals surface area contributed by atoms with Gasteiger partial charge < -0.3 is 14.5 Å². The number of hydrogen-bond donors (Lipinski definition) is 1. The van der Waals surface area contributed by atoms with Gasteiger partial charge >= 0.3 is 0 Å². The van der Waals surface area contributed by atoms with Crippen molar-refractivity contribution in [2.24, 2.45) is 0 Å². The highest BCUT2D eigenvalue weighted by molar-refractivity contribution is 5.91. The van der Waals surface area contributed by atoms with Crippen molar-refractivity contribution in [1.29, 1.82) is 0 Å². The van der Waals surface area contributed by atoms with E-state index in [4.69, 9.17) is 9.15 Å². The standard InChI is InChI=1S/C21H20N2O3/c1-15-6-8-20(13-22-15)26-19-5-3-4-18(12-19)16(2)23-21(24)9-7-17-10-11-25-14-17/h3-14,16H,1-2H3,(H,23,24)/b9-7+/t16-/m1/s1. The summed E-state index contributed by atoms with van der Waals surface area (Å²) in [5, 5.41) is 2.93. The summed E-state index contributed by atoms with van der Waals surface area (Å²) < 4.78 is 10.8. The van der Waals surface area contributed by atoms with E-state index >= 15 is 0 Å². The van der Waals surface area contributed by atoms with Crippen molar-refractivity contribution < 1.29 is 13.9 Å². The number of hydrogen-bond acceptors (Lipinski definition) is 4. The van der Waals surface area contributed by atoms with Gasteiger partial charge in [0.15, 0.2) is 0 Å². The summed E-state index contributed by atoms with van der Waals surface area (Å²) in [7, 11) is 0. The van der Waals surface area contributed by atoms with Crippen LogP contribution in [0.2, 0.25) is 0 Å². The molecule has 132 valence electrons. The zero-order chi connectivity index (χ0) is 18.4. The summed E-state index contributed by atoms with van der Waals surface area (Å²) in [6.07, 6.45) is 8.02. The predicted octanol–water partition coefficient (Wildman–Crippen LogP) is 4.67. The molecular weight excluding hydrogens is 328 g/mol. The number of ether oxygens (including phenoxy) is 1. The van der Waals surface area contributed by atoms with Crippen LogP contribution in [0.15, 0.2) is 71.7 Å². The molecule has 0 aliphatic carbocycles. The second kappa shape index (κ2) is 8.16. The number of benzene rings is 1. The SMILES string of the molecule is Cc1ccc(Oc2cccc([C@@H](C)NC(=O)/C=C/c3ccoc3)c2)cn1. The molecule has 2 heterocycles. The van der Waals surface area contributed by atoms with E-state index in [1.165, 1.54) is 6.08 Å². The molecule has 0 unspecified atom stereocenters. The number of furan rings is 1. The van der Waals surface area contributed by atoms with Crippen LogP contribution in [-0.4, -0.2) is 10.9 Å². The fourth-order valence-electron chi connectivity index (χ4n) is 2.38. The zero-order valence-electron chi connectivity index (χ0n) is 14.7. The van der Waals surface area contributed by atoms with Crippen LogP contribution in [0.1, 0.15) is 29.8 Å². The molecule has 5 nitrogen and oxygen atoms in total. The van der Waals surface area contributed by atoms with Crippen LogP contribution in [0.5, 0.6) is 11.5 Å². The molecule has 0 radical (unpaired) electrons. The van der Waals surface area contributed by atoms with Gasteiger partial charge in [0.05, 0.1) is 24.8 Å². The second-order valence-corrected chi connectivity index (χ2v) is 5.93. The van der Waals surface area contributed by atoms with E-state index in [1.807, 2.05) is 50.2 Å². The zero-order valence-corrected chi connectivity index (χ0v) is 14.7. The fraction of sp³-hybridized carbons (Fsp3) is 0.143. The Kier molecular flexibility index (Phi) is 5.49. The van der Waals surface area contributed by atoms with Crippen LogP contribution in [0.25, 0.3) is 6.08 Å². The van der Waals surface area contributed by atoms with E-state index in [1.54, 1.807) is 30.9 Å². The number of rotatable bonds is 6. The molecule has 0 aliphatic rings. The molecule has 0 spiro atoms. The number of aromatic nitrogens is 1. The van der Waals surface area contributed by atoms with Gasteiger partial charge in [-0.25, -0.2) is 0 Å². The molecule has 0 saturated heterocycles. The first kappa shape index (κ1) is 17.5. The molecule has 26 heavy (non-hydrogen) atoms. The van der Waals surface area contributed by atoms with Crippen LogP contribution in [0.4, 0.5) is 0 Å². The van der Waals surface area contributed by atoms with Gasteiger partial charge in [-0.2, -0.15) is 0 Å². The van der Waals surface area contributed by atoms with Crippen molar-refractivity contribution in [2.45, 2.75) is 19.9 Å². The van der Waals surface area contributed by atoms with Crippen LogP contribution < -0.4 is 10.1 Å². The van der Waals surface area contributed by atoms with Gasteiger partial charge in [0, 0.05) is 17.3 Å². The number of aryl methyl sites for hydroxylation is 1. The number of amides is 1. The van der Waals surface area contributed by atoms with E-state index in [9.17, 15) is 4.79 Å². The topological polar surface area (TPSA) is 64.4 Å². The van der Waals surface area contributed by atoms with Crippen LogP contribution in [-0.2, 0) is 4.79 Å². The number of pyridine rings is 1. The van der Waals surface area contributed by atoms with Gasteiger partial charge in [-0.1, -0.05) is 12.1 Å². The fourth-order valence-corrected chi connectivity index (χ4v) is 2.38. The van der Waals surface area contributed by atoms with Crippen molar-refractivity contribution in [1.82, 2.24) is 10.3 Å². The Bertz CT molecular complexity index is 884. The van der Waals surface area contributed by atoms with Gasteiger partial charge in [-0.15, -0.1) is 0 Å². The minimum Gasteiger partial charge on any atom is -0.472 e. The summed E-state index contributed by atoms with van der Waals surface area (Å²) in [6.45, 7) is 3.85. The van der Waals surface area contributed by atoms with Crippen molar-refractivity contribution in [3.63, 3.8) is 0 Å². The van der Waals surface area contributed by atoms with Crippen molar-refractivity contribution >= 4 is 12.0 Å². The second-order valence-electron chi connectivity index (χ2n) is 5.93. The molecule has 1 amide bonds. The molecule has 1 N–H and O–H groups in total. The Labute approximate surface area is 152 Å². The highest BCUT2D eigenvalue weighted by atomic mass is 16.5. The Morgan fingerprint density at radius 2 is 2.12 bits per heavy atom. The lowest BCUT2D eigenvalue weighted by Crippen LogP contribution is -2.24. The quantitative estimate of drug-likeness (QED) is 0.658. The van der Waals surface area contributed by atoms with Gasteiger partial charge in [-0.3, -0.25) is 9.78 Å². The smallest absolute Gasteiger partial charge is 0.244 e. The van der Waals surface area contributed by atoms with Crippen molar-refractivity contribution in [2.75, 3.05) is 0 Å². The summed E-state index contributed by atoms with van der Waals surface area (Å²) in [4.78, 5) is 16.3. The summed E-state index contributed by atoms with van der Waals surface area (Å²) in [5.41, 5.74) is 2.73. The molecule has 0 fully saturated rings. The minimum atomic E-state index is -0.173. The Balaban J connectivity index is 1.63. The molecule has 0 bridgehead atoms. The van der Waals surface area contributed by atoms with E-state index < -0.39 is 0 Å². The molecule has 3 rings (SSSR count). The molecule has 1 atom stereocenters. The van der Waals surface area contributed by atoms with E-state index in [0.29, 0.717) is 11.5 Å². The average molecular weight is 348 g/mol. The third kappa shape index (κ3) is 4.83. The van der Waals surface area contributed by atoms with Gasteiger partial charge in [-0.05, 0) is 55.8 Å². The first-order valence-electron chi connectivity index (χ1n) is 8.31. The lowest BCUT2D eigenvalue weighted by molar-refractivity contribution is -0.117. The average Bonchev–Trinajstić information content (AvgIpc) is 3.16. The van der Waals surface area contributed by atoms with Gasteiger partial charge in [0.25, 0.3) is 0 Å². The molecule has 1 aromatic carbocycles. The maximum Gasteiger partial charge on any atom is 0.244 e. The van der Waals surface area contributed by atoms with Gasteiger partial charge in [0.2, 0.25) is 5.91 Å². The third-order valence-corrected chi connectivity index (χ3v) is 3.81. The highest BCUT2D eigenvalue weighted by Gasteiger charge is 2.09. The first-order chi connectivity index (χ1) is 12.6. The molecule has 3 aromatic rings. The Hall–Kier alpha value is -3.34. The lowest BCUT2D eigenvalue weighted by atomic mass is 10.1. The van der Waals surface area contributed by atoms with Crippen LogP contribution >= 0.6 is 0 Å². The van der Waals surface area contributed by atoms with Crippen molar-refractivity contribution in [3.05, 3.63) is 84.1 Å².